The van der Waals surface area contributed by atoms with E-state index in [1.807, 2.05) is 24.3 Å². The smallest absolute Gasteiger partial charge is 0.412 e. The molecule has 3 N–H and O–H groups in total. The Hall–Kier alpha value is -5.85. The van der Waals surface area contributed by atoms with E-state index >= 15 is 4.39 Å². The van der Waals surface area contributed by atoms with Gasteiger partial charge in [-0.1, -0.05) is 37.2 Å². The molecule has 5 aromatic rings. The third-order valence-corrected chi connectivity index (χ3v) is 7.45. The quantitative estimate of drug-likeness (QED) is 0.143. The highest BCUT2D eigenvalue weighted by atomic mass is 19.1. The fraction of sp³-hybridized carbons (Fsp3) is 0.278. The van der Waals surface area contributed by atoms with Gasteiger partial charge in [-0.2, -0.15) is 10.1 Å². The first kappa shape index (κ1) is 34.5. The van der Waals surface area contributed by atoms with E-state index < -0.39 is 35.4 Å². The monoisotopic (exact) mass is 668 g/mol. The minimum Gasteiger partial charge on any atom is -0.480 e. The Kier molecular flexibility index (Phi) is 9.92. The Balaban J connectivity index is 1.24. The van der Waals surface area contributed by atoms with Gasteiger partial charge < -0.3 is 19.7 Å². The number of carboxylic acids is 1. The van der Waals surface area contributed by atoms with Crippen molar-refractivity contribution in [3.05, 3.63) is 101 Å². The first-order valence-corrected chi connectivity index (χ1v) is 15.6. The lowest BCUT2D eigenvalue weighted by molar-refractivity contribution is -0.139. The Labute approximate surface area is 282 Å². The van der Waals surface area contributed by atoms with Gasteiger partial charge >= 0.3 is 12.1 Å². The van der Waals surface area contributed by atoms with Crippen LogP contribution >= 0.6 is 0 Å². The summed E-state index contributed by atoms with van der Waals surface area (Å²) < 4.78 is 27.5. The van der Waals surface area contributed by atoms with Crippen molar-refractivity contribution in [3.63, 3.8) is 0 Å². The number of halogens is 1. The van der Waals surface area contributed by atoms with Gasteiger partial charge in [-0.3, -0.25) is 10.1 Å². The fourth-order valence-corrected chi connectivity index (χ4v) is 4.95. The molecule has 2 aromatic heterocycles. The third-order valence-electron chi connectivity index (χ3n) is 7.45. The predicted octanol–water partition coefficient (Wildman–Crippen LogP) is 6.93. The van der Waals surface area contributed by atoms with Crippen LogP contribution in [0.5, 0.6) is 0 Å². The van der Waals surface area contributed by atoms with Gasteiger partial charge in [-0.05, 0) is 99.3 Å². The fourth-order valence-electron chi connectivity index (χ4n) is 4.95. The van der Waals surface area contributed by atoms with Gasteiger partial charge in [0.05, 0.1) is 11.3 Å². The van der Waals surface area contributed by atoms with Crippen molar-refractivity contribution < 1.29 is 33.1 Å². The van der Waals surface area contributed by atoms with Crippen LogP contribution < -0.4 is 10.6 Å². The summed E-state index contributed by atoms with van der Waals surface area (Å²) in [5.74, 6) is -2.17. The van der Waals surface area contributed by atoms with Crippen LogP contribution in [0.4, 0.5) is 14.9 Å². The summed E-state index contributed by atoms with van der Waals surface area (Å²) in [5, 5.41) is 23.3. The molecular weight excluding hydrogens is 631 g/mol. The van der Waals surface area contributed by atoms with Crippen LogP contribution in [-0.2, 0) is 16.0 Å². The highest BCUT2D eigenvalue weighted by Gasteiger charge is 2.24. The number of ether oxygens (including phenoxy) is 1. The molecule has 0 aliphatic carbocycles. The van der Waals surface area contributed by atoms with E-state index in [-0.39, 0.29) is 29.4 Å². The number of nitrogens with zero attached hydrogens (tertiary/aromatic N) is 4. The molecule has 254 valence electrons. The van der Waals surface area contributed by atoms with Gasteiger partial charge in [0.15, 0.2) is 5.69 Å². The second-order valence-electron chi connectivity index (χ2n) is 12.8. The van der Waals surface area contributed by atoms with E-state index in [9.17, 15) is 19.5 Å². The number of aryl methyl sites for hydroxylation is 1. The number of aliphatic carboxylic acids is 1. The zero-order chi connectivity index (χ0) is 35.5. The molecule has 0 bridgehead atoms. The number of rotatable bonds is 10. The number of anilines is 1. The molecule has 0 saturated carbocycles. The van der Waals surface area contributed by atoms with Gasteiger partial charge in [-0.25, -0.2) is 18.7 Å². The molecule has 1 atom stereocenters. The minimum atomic E-state index is -1.35. The largest absolute Gasteiger partial charge is 0.480 e. The summed E-state index contributed by atoms with van der Waals surface area (Å²) >= 11 is 0. The summed E-state index contributed by atoms with van der Waals surface area (Å²) in [6.07, 6.45) is -0.780. The van der Waals surface area contributed by atoms with Crippen LogP contribution in [0.3, 0.4) is 0 Å². The second-order valence-corrected chi connectivity index (χ2v) is 12.8. The van der Waals surface area contributed by atoms with Crippen molar-refractivity contribution in [2.24, 2.45) is 0 Å². The summed E-state index contributed by atoms with van der Waals surface area (Å²) in [6, 6.07) is 18.7. The maximum absolute atomic E-state index is 15.3. The second kappa shape index (κ2) is 14.1. The van der Waals surface area contributed by atoms with Crippen molar-refractivity contribution in [1.82, 2.24) is 25.2 Å². The van der Waals surface area contributed by atoms with Crippen molar-refractivity contribution >= 4 is 23.7 Å². The van der Waals surface area contributed by atoms with Crippen LogP contribution in [0, 0.1) is 12.7 Å². The van der Waals surface area contributed by atoms with E-state index in [0.29, 0.717) is 28.4 Å². The Morgan fingerprint density at radius 2 is 1.69 bits per heavy atom. The molecule has 0 saturated heterocycles. The topological polar surface area (TPSA) is 161 Å². The number of hydrogen-bond donors (Lipinski definition) is 3. The minimum absolute atomic E-state index is 0.0112. The Bertz CT molecular complexity index is 1980. The van der Waals surface area contributed by atoms with E-state index in [0.717, 1.165) is 5.69 Å². The van der Waals surface area contributed by atoms with Crippen LogP contribution in [0.25, 0.3) is 28.5 Å². The van der Waals surface area contributed by atoms with E-state index in [1.54, 1.807) is 62.7 Å². The zero-order valence-electron chi connectivity index (χ0n) is 27.9. The van der Waals surface area contributed by atoms with Crippen molar-refractivity contribution in [1.29, 1.82) is 0 Å². The molecule has 49 heavy (non-hydrogen) atoms. The molecular formula is C36H37FN6O6. The molecule has 0 aliphatic rings. The van der Waals surface area contributed by atoms with Crippen LogP contribution in [-0.4, -0.2) is 54.6 Å². The van der Waals surface area contributed by atoms with Gasteiger partial charge in [-0.15, -0.1) is 0 Å². The number of amides is 2. The summed E-state index contributed by atoms with van der Waals surface area (Å²) in [4.78, 5) is 41.5. The Morgan fingerprint density at radius 1 is 1.00 bits per heavy atom. The lowest BCUT2D eigenvalue weighted by Gasteiger charge is -2.19. The van der Waals surface area contributed by atoms with Gasteiger partial charge in [0, 0.05) is 23.4 Å². The number of carboxylic acid groups (broad SMARTS) is 1. The standard InChI is InChI=1S/C36H37FN6O6/c1-20(2)23-10-14-26(15-11-23)43-21(3)17-29(41-43)32(44)39-30(34(45)46)19-22-7-16-27(28(37)18-22)31-40-33(49-42-31)24-8-12-25(13-9-24)38-35(47)48-36(4,5)6/h7-18,20,30H,19H2,1-6H3,(H,38,47)(H,39,44)(H,45,46). The summed E-state index contributed by atoms with van der Waals surface area (Å²) in [6.45, 7) is 11.3. The van der Waals surface area contributed by atoms with Crippen molar-refractivity contribution in [3.8, 4) is 28.5 Å². The molecule has 0 aliphatic heterocycles. The average molecular weight is 669 g/mol. The summed E-state index contributed by atoms with van der Waals surface area (Å²) in [5.41, 5.74) is 3.45. The molecule has 3 aromatic carbocycles. The van der Waals surface area contributed by atoms with Crippen LogP contribution in [0.2, 0.25) is 0 Å². The van der Waals surface area contributed by atoms with Gasteiger partial charge in [0.2, 0.25) is 5.82 Å². The molecule has 0 spiro atoms. The third kappa shape index (κ3) is 8.55. The molecule has 1 unspecified atom stereocenters. The number of benzene rings is 3. The summed E-state index contributed by atoms with van der Waals surface area (Å²) in [7, 11) is 0. The lowest BCUT2D eigenvalue weighted by atomic mass is 10.0. The number of carbonyl (C=O) groups is 3. The molecule has 13 heteroatoms. The van der Waals surface area contributed by atoms with E-state index in [2.05, 4.69) is 39.7 Å². The van der Waals surface area contributed by atoms with Crippen LogP contribution in [0.15, 0.2) is 77.3 Å². The first-order valence-electron chi connectivity index (χ1n) is 15.6. The number of aromatic nitrogens is 4. The van der Waals surface area contributed by atoms with E-state index in [1.165, 1.54) is 23.8 Å². The Morgan fingerprint density at radius 3 is 2.31 bits per heavy atom. The van der Waals surface area contributed by atoms with E-state index in [4.69, 9.17) is 9.26 Å². The van der Waals surface area contributed by atoms with Crippen LogP contribution in [0.1, 0.15) is 67.8 Å². The molecule has 5 rings (SSSR count). The molecule has 12 nitrogen and oxygen atoms in total. The number of carbonyl (C=O) groups excluding carboxylic acids is 2. The van der Waals surface area contributed by atoms with Crippen molar-refractivity contribution in [2.75, 3.05) is 5.32 Å². The molecule has 0 fully saturated rings. The molecule has 2 heterocycles. The van der Waals surface area contributed by atoms with Crippen molar-refractivity contribution in [2.45, 2.75) is 65.5 Å². The van der Waals surface area contributed by atoms with Gasteiger partial charge in [0.1, 0.15) is 17.5 Å². The SMILES string of the molecule is Cc1cc(C(=O)NC(Cc2ccc(-c3noc(-c4ccc(NC(=O)OC(C)(C)C)cc4)n3)c(F)c2)C(=O)O)nn1-c1ccc(C(C)C)cc1. The van der Waals surface area contributed by atoms with Gasteiger partial charge in [0.25, 0.3) is 11.8 Å². The molecule has 0 radical (unpaired) electrons. The highest BCUT2D eigenvalue weighted by molar-refractivity contribution is 5.95. The zero-order valence-corrected chi connectivity index (χ0v) is 27.9. The molecule has 2 amide bonds. The normalized spacial score (nSPS) is 12.1. The number of hydrogen-bond acceptors (Lipinski definition) is 8. The first-order chi connectivity index (χ1) is 23.2. The predicted molar refractivity (Wildman–Crippen MR) is 180 cm³/mol. The maximum Gasteiger partial charge on any atom is 0.412 e. The lowest BCUT2D eigenvalue weighted by Crippen LogP contribution is -2.42. The maximum atomic E-state index is 15.3. The average Bonchev–Trinajstić information content (AvgIpc) is 3.67. The number of nitrogens with one attached hydrogen (secondary N) is 2. The highest BCUT2D eigenvalue weighted by Crippen LogP contribution is 2.26.